The molecular formula is C16H19BrN2O. The zero-order valence-corrected chi connectivity index (χ0v) is 13.8. The van der Waals surface area contributed by atoms with E-state index in [1.807, 2.05) is 42.8 Å². The maximum atomic E-state index is 12.4. The van der Waals surface area contributed by atoms with Crippen LogP contribution >= 0.6 is 15.9 Å². The summed E-state index contributed by atoms with van der Waals surface area (Å²) in [5, 5.41) is 2.98. The molecule has 0 radical (unpaired) electrons. The molecule has 1 aromatic heterocycles. The Kier molecular flexibility index (Phi) is 4.33. The van der Waals surface area contributed by atoms with Crippen molar-refractivity contribution in [1.82, 2.24) is 4.57 Å². The second kappa shape index (κ2) is 5.83. The van der Waals surface area contributed by atoms with Gasteiger partial charge in [-0.05, 0) is 61.3 Å². The minimum absolute atomic E-state index is 0.0867. The lowest BCUT2D eigenvalue weighted by atomic mass is 10.1. The minimum Gasteiger partial charge on any atom is -0.340 e. The average Bonchev–Trinajstić information content (AvgIpc) is 2.75. The Labute approximate surface area is 128 Å². The van der Waals surface area contributed by atoms with Crippen molar-refractivity contribution in [2.75, 3.05) is 5.32 Å². The van der Waals surface area contributed by atoms with Crippen LogP contribution in [-0.2, 0) is 0 Å². The number of aromatic nitrogens is 1. The largest absolute Gasteiger partial charge is 0.340 e. The molecule has 0 fully saturated rings. The van der Waals surface area contributed by atoms with Crippen LogP contribution in [0.1, 0.15) is 41.5 Å². The fourth-order valence-electron chi connectivity index (χ4n) is 2.20. The SMILES string of the molecule is Cc1ccc(NC(=O)c2cc(Br)cn2C(C)C)c(C)c1. The summed E-state index contributed by atoms with van der Waals surface area (Å²) in [5.41, 5.74) is 3.77. The van der Waals surface area contributed by atoms with Gasteiger partial charge in [-0.15, -0.1) is 0 Å². The number of hydrogen-bond acceptors (Lipinski definition) is 1. The van der Waals surface area contributed by atoms with Gasteiger partial charge in [0, 0.05) is 22.4 Å². The van der Waals surface area contributed by atoms with E-state index in [2.05, 4.69) is 41.2 Å². The molecule has 1 amide bonds. The number of nitrogens with zero attached hydrogens (tertiary/aromatic N) is 1. The standard InChI is InChI=1S/C16H19BrN2O/c1-10(2)19-9-13(17)8-15(19)16(20)18-14-6-5-11(3)7-12(14)4/h5-10H,1-4H3,(H,18,20). The third kappa shape index (κ3) is 3.12. The van der Waals surface area contributed by atoms with E-state index in [-0.39, 0.29) is 11.9 Å². The van der Waals surface area contributed by atoms with E-state index >= 15 is 0 Å². The van der Waals surface area contributed by atoms with Crippen LogP contribution in [0.2, 0.25) is 0 Å². The Hall–Kier alpha value is -1.55. The molecule has 0 spiro atoms. The zero-order chi connectivity index (χ0) is 14.9. The van der Waals surface area contributed by atoms with Crippen LogP contribution in [0.5, 0.6) is 0 Å². The first-order valence-corrected chi connectivity index (χ1v) is 7.43. The van der Waals surface area contributed by atoms with Gasteiger partial charge in [-0.25, -0.2) is 0 Å². The Morgan fingerprint density at radius 1 is 1.25 bits per heavy atom. The molecule has 1 N–H and O–H groups in total. The summed E-state index contributed by atoms with van der Waals surface area (Å²) in [6.45, 7) is 8.15. The lowest BCUT2D eigenvalue weighted by Gasteiger charge is -2.14. The van der Waals surface area contributed by atoms with Crippen LogP contribution in [0.4, 0.5) is 5.69 Å². The van der Waals surface area contributed by atoms with E-state index in [0.717, 1.165) is 15.7 Å². The smallest absolute Gasteiger partial charge is 0.272 e. The van der Waals surface area contributed by atoms with E-state index < -0.39 is 0 Å². The molecular weight excluding hydrogens is 316 g/mol. The van der Waals surface area contributed by atoms with Crippen molar-refractivity contribution in [3.8, 4) is 0 Å². The molecule has 1 heterocycles. The normalized spacial score (nSPS) is 10.9. The quantitative estimate of drug-likeness (QED) is 0.867. The van der Waals surface area contributed by atoms with E-state index in [4.69, 9.17) is 0 Å². The lowest BCUT2D eigenvalue weighted by Crippen LogP contribution is -2.18. The van der Waals surface area contributed by atoms with Crippen molar-refractivity contribution in [1.29, 1.82) is 0 Å². The lowest BCUT2D eigenvalue weighted by molar-refractivity contribution is 0.101. The first-order chi connectivity index (χ1) is 9.38. The highest BCUT2D eigenvalue weighted by Crippen LogP contribution is 2.22. The molecule has 0 aliphatic heterocycles. The van der Waals surface area contributed by atoms with Gasteiger partial charge in [0.15, 0.2) is 0 Å². The molecule has 0 saturated heterocycles. The highest BCUT2D eigenvalue weighted by Gasteiger charge is 2.15. The molecule has 1 aromatic carbocycles. The monoisotopic (exact) mass is 334 g/mol. The molecule has 4 heteroatoms. The predicted octanol–water partition coefficient (Wildman–Crippen LogP) is 4.70. The minimum atomic E-state index is -0.0867. The van der Waals surface area contributed by atoms with Crippen LogP contribution in [0.25, 0.3) is 0 Å². The number of carbonyl (C=O) groups excluding carboxylic acids is 1. The Morgan fingerprint density at radius 3 is 2.55 bits per heavy atom. The molecule has 0 bridgehead atoms. The van der Waals surface area contributed by atoms with Crippen molar-refractivity contribution in [3.05, 3.63) is 51.8 Å². The van der Waals surface area contributed by atoms with Crippen LogP contribution in [0.15, 0.2) is 34.9 Å². The van der Waals surface area contributed by atoms with Gasteiger partial charge in [0.05, 0.1) is 0 Å². The van der Waals surface area contributed by atoms with Crippen LogP contribution in [0, 0.1) is 13.8 Å². The summed E-state index contributed by atoms with van der Waals surface area (Å²) in [7, 11) is 0. The van der Waals surface area contributed by atoms with Crippen LogP contribution < -0.4 is 5.32 Å². The van der Waals surface area contributed by atoms with Gasteiger partial charge in [0.2, 0.25) is 0 Å². The molecule has 3 nitrogen and oxygen atoms in total. The molecule has 2 aromatic rings. The topological polar surface area (TPSA) is 34.0 Å². The summed E-state index contributed by atoms with van der Waals surface area (Å²) in [6.07, 6.45) is 1.93. The molecule has 106 valence electrons. The molecule has 0 unspecified atom stereocenters. The van der Waals surface area contributed by atoms with Gasteiger partial charge in [0.1, 0.15) is 5.69 Å². The third-order valence-electron chi connectivity index (χ3n) is 3.23. The molecule has 0 aliphatic rings. The summed E-state index contributed by atoms with van der Waals surface area (Å²) >= 11 is 3.43. The number of carbonyl (C=O) groups is 1. The highest BCUT2D eigenvalue weighted by atomic mass is 79.9. The van der Waals surface area contributed by atoms with E-state index in [9.17, 15) is 4.79 Å². The van der Waals surface area contributed by atoms with Gasteiger partial charge in [-0.3, -0.25) is 4.79 Å². The maximum Gasteiger partial charge on any atom is 0.272 e. The number of rotatable bonds is 3. The third-order valence-corrected chi connectivity index (χ3v) is 3.67. The summed E-state index contributed by atoms with van der Waals surface area (Å²) in [6, 6.07) is 8.09. The Balaban J connectivity index is 2.28. The first kappa shape index (κ1) is 14.9. The average molecular weight is 335 g/mol. The summed E-state index contributed by atoms with van der Waals surface area (Å²) in [4.78, 5) is 12.4. The first-order valence-electron chi connectivity index (χ1n) is 6.64. The van der Waals surface area contributed by atoms with Gasteiger partial charge < -0.3 is 9.88 Å². The van der Waals surface area contributed by atoms with Crippen LogP contribution in [-0.4, -0.2) is 10.5 Å². The number of hydrogen-bond donors (Lipinski definition) is 1. The second-order valence-electron chi connectivity index (χ2n) is 5.32. The van der Waals surface area contributed by atoms with Crippen molar-refractivity contribution < 1.29 is 4.79 Å². The molecule has 0 saturated carbocycles. The van der Waals surface area contributed by atoms with Crippen molar-refractivity contribution in [3.63, 3.8) is 0 Å². The zero-order valence-electron chi connectivity index (χ0n) is 12.2. The fourth-order valence-corrected chi connectivity index (χ4v) is 2.63. The number of benzene rings is 1. The molecule has 20 heavy (non-hydrogen) atoms. The number of nitrogens with one attached hydrogen (secondary N) is 1. The van der Waals surface area contributed by atoms with Gasteiger partial charge in [-0.2, -0.15) is 0 Å². The summed E-state index contributed by atoms with van der Waals surface area (Å²) in [5.74, 6) is -0.0867. The number of aryl methyl sites for hydroxylation is 2. The van der Waals surface area contributed by atoms with Crippen molar-refractivity contribution in [2.45, 2.75) is 33.7 Å². The predicted molar refractivity (Wildman–Crippen MR) is 86.4 cm³/mol. The highest BCUT2D eigenvalue weighted by molar-refractivity contribution is 9.10. The van der Waals surface area contributed by atoms with Crippen molar-refractivity contribution >= 4 is 27.5 Å². The van der Waals surface area contributed by atoms with E-state index in [1.54, 1.807) is 0 Å². The molecule has 0 atom stereocenters. The number of halogens is 1. The molecule has 2 rings (SSSR count). The van der Waals surface area contributed by atoms with Gasteiger partial charge in [0.25, 0.3) is 5.91 Å². The molecule has 0 aliphatic carbocycles. The Morgan fingerprint density at radius 2 is 1.95 bits per heavy atom. The number of anilines is 1. The van der Waals surface area contributed by atoms with Gasteiger partial charge >= 0.3 is 0 Å². The number of amides is 1. The van der Waals surface area contributed by atoms with Crippen molar-refractivity contribution in [2.24, 2.45) is 0 Å². The maximum absolute atomic E-state index is 12.4. The van der Waals surface area contributed by atoms with E-state index in [1.165, 1.54) is 5.56 Å². The van der Waals surface area contributed by atoms with Crippen LogP contribution in [0.3, 0.4) is 0 Å². The van der Waals surface area contributed by atoms with Gasteiger partial charge in [-0.1, -0.05) is 17.7 Å². The Bertz CT molecular complexity index is 644. The second-order valence-corrected chi connectivity index (χ2v) is 6.23. The summed E-state index contributed by atoms with van der Waals surface area (Å²) < 4.78 is 2.88. The fraction of sp³-hybridized carbons (Fsp3) is 0.312. The van der Waals surface area contributed by atoms with E-state index in [0.29, 0.717) is 5.69 Å².